The molecule has 1 rings (SSSR count). The van der Waals surface area contributed by atoms with E-state index in [2.05, 4.69) is 10.6 Å². The molecule has 0 saturated heterocycles. The minimum Gasteiger partial charge on any atom is -0.444 e. The third kappa shape index (κ3) is 6.33. The fraction of sp³-hybridized carbons (Fsp3) is 0.909. The molecule has 1 saturated carbocycles. The fourth-order valence-electron chi connectivity index (χ4n) is 1.19. The lowest BCUT2D eigenvalue weighted by Crippen LogP contribution is -2.43. The number of alkyl carbamates (subject to hydrolysis) is 1. The summed E-state index contributed by atoms with van der Waals surface area (Å²) in [6, 6.07) is 0.785. The molecule has 0 spiro atoms. The maximum atomic E-state index is 11.4. The standard InChI is InChI=1S/C11H22N2O2/c1-8(7-12-9-5-6-9)13-10(14)15-11(2,3)4/h8-9,12H,5-7H2,1-4H3,(H,13,14). The van der Waals surface area contributed by atoms with Crippen LogP contribution in [0.4, 0.5) is 4.79 Å². The summed E-state index contributed by atoms with van der Waals surface area (Å²) in [6.07, 6.45) is 2.19. The van der Waals surface area contributed by atoms with Gasteiger partial charge in [0.1, 0.15) is 5.60 Å². The van der Waals surface area contributed by atoms with Gasteiger partial charge >= 0.3 is 6.09 Å². The van der Waals surface area contributed by atoms with Gasteiger partial charge in [-0.1, -0.05) is 0 Å². The summed E-state index contributed by atoms with van der Waals surface area (Å²) < 4.78 is 5.15. The van der Waals surface area contributed by atoms with Gasteiger partial charge in [0.25, 0.3) is 0 Å². The first-order valence-corrected chi connectivity index (χ1v) is 5.60. The average Bonchev–Trinajstić information content (AvgIpc) is 2.79. The first-order chi connectivity index (χ1) is 6.87. The van der Waals surface area contributed by atoms with Crippen molar-refractivity contribution in [3.05, 3.63) is 0 Å². The van der Waals surface area contributed by atoms with Crippen molar-refractivity contribution in [3.63, 3.8) is 0 Å². The summed E-state index contributed by atoms with van der Waals surface area (Å²) in [5, 5.41) is 6.15. The number of carbonyl (C=O) groups excluding carboxylic acids is 1. The second-order valence-electron chi connectivity index (χ2n) is 5.23. The van der Waals surface area contributed by atoms with E-state index in [0.717, 1.165) is 6.54 Å². The highest BCUT2D eigenvalue weighted by Gasteiger charge is 2.22. The Balaban J connectivity index is 2.12. The van der Waals surface area contributed by atoms with Crippen molar-refractivity contribution in [2.45, 2.75) is 58.2 Å². The Bertz CT molecular complexity index is 219. The molecule has 0 aromatic carbocycles. The van der Waals surface area contributed by atoms with Crippen molar-refractivity contribution in [2.24, 2.45) is 0 Å². The second-order valence-corrected chi connectivity index (χ2v) is 5.23. The summed E-state index contributed by atoms with van der Waals surface area (Å²) in [4.78, 5) is 11.4. The summed E-state index contributed by atoms with van der Waals surface area (Å²) in [6.45, 7) is 8.36. The topological polar surface area (TPSA) is 50.4 Å². The number of hydrogen-bond acceptors (Lipinski definition) is 3. The molecule has 4 nitrogen and oxygen atoms in total. The summed E-state index contributed by atoms with van der Waals surface area (Å²) in [5.41, 5.74) is -0.423. The fourth-order valence-corrected chi connectivity index (χ4v) is 1.19. The normalized spacial score (nSPS) is 18.4. The van der Waals surface area contributed by atoms with Crippen LogP contribution in [0.5, 0.6) is 0 Å². The van der Waals surface area contributed by atoms with Gasteiger partial charge in [0.05, 0.1) is 0 Å². The minimum absolute atomic E-state index is 0.112. The molecule has 1 atom stereocenters. The van der Waals surface area contributed by atoms with E-state index < -0.39 is 5.60 Å². The van der Waals surface area contributed by atoms with Gasteiger partial charge < -0.3 is 15.4 Å². The van der Waals surface area contributed by atoms with E-state index >= 15 is 0 Å². The van der Waals surface area contributed by atoms with Crippen LogP contribution in [0, 0.1) is 0 Å². The quantitative estimate of drug-likeness (QED) is 0.748. The zero-order valence-electron chi connectivity index (χ0n) is 10.1. The first kappa shape index (κ1) is 12.3. The van der Waals surface area contributed by atoms with Crippen LogP contribution in [0.3, 0.4) is 0 Å². The maximum absolute atomic E-state index is 11.4. The molecular formula is C11H22N2O2. The molecule has 2 N–H and O–H groups in total. The summed E-state index contributed by atoms with van der Waals surface area (Å²) in [7, 11) is 0. The largest absolute Gasteiger partial charge is 0.444 e. The Labute approximate surface area is 91.8 Å². The molecule has 0 radical (unpaired) electrons. The molecular weight excluding hydrogens is 192 g/mol. The van der Waals surface area contributed by atoms with Gasteiger partial charge in [0.2, 0.25) is 0 Å². The van der Waals surface area contributed by atoms with Crippen molar-refractivity contribution in [3.8, 4) is 0 Å². The number of ether oxygens (including phenoxy) is 1. The van der Waals surface area contributed by atoms with Crippen LogP contribution in [0.2, 0.25) is 0 Å². The van der Waals surface area contributed by atoms with Crippen LogP contribution in [-0.2, 0) is 4.74 Å². The van der Waals surface area contributed by atoms with Crippen LogP contribution in [0.15, 0.2) is 0 Å². The van der Waals surface area contributed by atoms with E-state index in [1.807, 2.05) is 27.7 Å². The lowest BCUT2D eigenvalue weighted by atomic mass is 10.2. The SMILES string of the molecule is CC(CNC1CC1)NC(=O)OC(C)(C)C. The Morgan fingerprint density at radius 3 is 2.53 bits per heavy atom. The van der Waals surface area contributed by atoms with Gasteiger partial charge in [-0.3, -0.25) is 0 Å². The van der Waals surface area contributed by atoms with Gasteiger partial charge in [-0.05, 0) is 40.5 Å². The van der Waals surface area contributed by atoms with E-state index in [1.54, 1.807) is 0 Å². The predicted octanol–water partition coefficient (Wildman–Crippen LogP) is 1.65. The monoisotopic (exact) mass is 214 g/mol. The minimum atomic E-state index is -0.423. The van der Waals surface area contributed by atoms with Crippen LogP contribution >= 0.6 is 0 Å². The van der Waals surface area contributed by atoms with E-state index in [9.17, 15) is 4.79 Å². The zero-order chi connectivity index (χ0) is 11.5. The molecule has 0 bridgehead atoms. The molecule has 1 aliphatic rings. The summed E-state index contributed by atoms with van der Waals surface area (Å²) >= 11 is 0. The molecule has 0 aromatic rings. The van der Waals surface area contributed by atoms with E-state index in [0.29, 0.717) is 6.04 Å². The highest BCUT2D eigenvalue weighted by Crippen LogP contribution is 2.18. The second kappa shape index (κ2) is 4.84. The summed E-state index contributed by atoms with van der Waals surface area (Å²) in [5.74, 6) is 0. The number of carbonyl (C=O) groups is 1. The lowest BCUT2D eigenvalue weighted by molar-refractivity contribution is 0.0508. The van der Waals surface area contributed by atoms with Gasteiger partial charge in [-0.15, -0.1) is 0 Å². The Kier molecular flexibility index (Phi) is 3.97. The van der Waals surface area contributed by atoms with Crippen LogP contribution in [0.1, 0.15) is 40.5 Å². The molecule has 15 heavy (non-hydrogen) atoms. The molecule has 4 heteroatoms. The predicted molar refractivity (Wildman–Crippen MR) is 59.9 cm³/mol. The smallest absolute Gasteiger partial charge is 0.407 e. The van der Waals surface area contributed by atoms with E-state index in [-0.39, 0.29) is 12.1 Å². The van der Waals surface area contributed by atoms with Crippen molar-refractivity contribution >= 4 is 6.09 Å². The Morgan fingerprint density at radius 2 is 2.07 bits per heavy atom. The van der Waals surface area contributed by atoms with Gasteiger partial charge in [-0.25, -0.2) is 4.79 Å². The van der Waals surface area contributed by atoms with Gasteiger partial charge in [-0.2, -0.15) is 0 Å². The van der Waals surface area contributed by atoms with E-state index in [4.69, 9.17) is 4.74 Å². The molecule has 0 aliphatic heterocycles. The molecule has 1 unspecified atom stereocenters. The molecule has 1 aliphatic carbocycles. The number of nitrogens with one attached hydrogen (secondary N) is 2. The van der Waals surface area contributed by atoms with Crippen molar-refractivity contribution in [1.29, 1.82) is 0 Å². The van der Waals surface area contributed by atoms with Crippen molar-refractivity contribution < 1.29 is 9.53 Å². The molecule has 88 valence electrons. The number of rotatable bonds is 4. The first-order valence-electron chi connectivity index (χ1n) is 5.60. The van der Waals surface area contributed by atoms with Crippen LogP contribution in [0.25, 0.3) is 0 Å². The van der Waals surface area contributed by atoms with Crippen LogP contribution < -0.4 is 10.6 Å². The number of amides is 1. The molecule has 1 amide bonds. The van der Waals surface area contributed by atoms with Crippen molar-refractivity contribution in [2.75, 3.05) is 6.54 Å². The van der Waals surface area contributed by atoms with Crippen LogP contribution in [-0.4, -0.2) is 30.3 Å². The average molecular weight is 214 g/mol. The molecule has 0 heterocycles. The highest BCUT2D eigenvalue weighted by molar-refractivity contribution is 5.68. The molecule has 1 fully saturated rings. The third-order valence-electron chi connectivity index (χ3n) is 2.05. The molecule has 0 aromatic heterocycles. The zero-order valence-corrected chi connectivity index (χ0v) is 10.1. The van der Waals surface area contributed by atoms with Crippen molar-refractivity contribution in [1.82, 2.24) is 10.6 Å². The lowest BCUT2D eigenvalue weighted by Gasteiger charge is -2.22. The Hall–Kier alpha value is -0.770. The van der Waals surface area contributed by atoms with Gasteiger partial charge in [0, 0.05) is 18.6 Å². The van der Waals surface area contributed by atoms with Gasteiger partial charge in [0.15, 0.2) is 0 Å². The highest BCUT2D eigenvalue weighted by atomic mass is 16.6. The third-order valence-corrected chi connectivity index (χ3v) is 2.05. The van der Waals surface area contributed by atoms with E-state index in [1.165, 1.54) is 12.8 Å². The number of hydrogen-bond donors (Lipinski definition) is 2. The maximum Gasteiger partial charge on any atom is 0.407 e. The Morgan fingerprint density at radius 1 is 1.47 bits per heavy atom.